The highest BCUT2D eigenvalue weighted by Crippen LogP contribution is 2.38. The zero-order valence-electron chi connectivity index (χ0n) is 14.9. The van der Waals surface area contributed by atoms with Crippen molar-refractivity contribution in [3.05, 3.63) is 36.5 Å². The first-order chi connectivity index (χ1) is 13.2. The van der Waals surface area contributed by atoms with E-state index in [0.717, 1.165) is 37.6 Å². The zero-order chi connectivity index (χ0) is 18.3. The summed E-state index contributed by atoms with van der Waals surface area (Å²) in [6, 6.07) is 9.63. The van der Waals surface area contributed by atoms with Crippen LogP contribution in [0.15, 0.2) is 40.9 Å². The van der Waals surface area contributed by atoms with Crippen molar-refractivity contribution in [3.8, 4) is 23.0 Å². The monoisotopic (exact) mass is 363 g/mol. The lowest BCUT2D eigenvalue weighted by molar-refractivity contribution is 0.369. The molecular weight excluding hydrogens is 342 g/mol. The van der Waals surface area contributed by atoms with Crippen molar-refractivity contribution in [3.63, 3.8) is 0 Å². The van der Waals surface area contributed by atoms with Gasteiger partial charge < -0.3 is 20.4 Å². The second-order valence-electron chi connectivity index (χ2n) is 7.34. The predicted octanol–water partition coefficient (Wildman–Crippen LogP) is 1.97. The molecule has 1 unspecified atom stereocenters. The van der Waals surface area contributed by atoms with E-state index in [-0.39, 0.29) is 5.89 Å². The number of hydrogen-bond acceptors (Lipinski definition) is 8. The van der Waals surface area contributed by atoms with E-state index in [1.165, 1.54) is 12.8 Å². The van der Waals surface area contributed by atoms with Gasteiger partial charge in [0.15, 0.2) is 11.5 Å². The number of nitrogens with two attached hydrogens (primary N) is 1. The lowest BCUT2D eigenvalue weighted by Crippen LogP contribution is -2.29. The third kappa shape index (κ3) is 2.91. The van der Waals surface area contributed by atoms with E-state index in [9.17, 15) is 0 Å². The lowest BCUT2D eigenvalue weighted by atomic mass is 9.87. The second kappa shape index (κ2) is 6.31. The molecule has 0 saturated carbocycles. The highest BCUT2D eigenvalue weighted by Gasteiger charge is 2.41. The van der Waals surface area contributed by atoms with Crippen LogP contribution in [-0.4, -0.2) is 46.3 Å². The molecule has 1 spiro atoms. The van der Waals surface area contributed by atoms with Gasteiger partial charge in [0.2, 0.25) is 5.89 Å². The molecule has 1 atom stereocenters. The third-order valence-corrected chi connectivity index (χ3v) is 5.53. The molecule has 0 radical (unpaired) electrons. The summed E-state index contributed by atoms with van der Waals surface area (Å²) in [7, 11) is 0. The van der Waals surface area contributed by atoms with E-state index in [2.05, 4.69) is 25.4 Å². The summed E-state index contributed by atoms with van der Waals surface area (Å²) in [4.78, 5) is 11.3. The maximum absolute atomic E-state index is 6.05. The van der Waals surface area contributed by atoms with Gasteiger partial charge in [0.05, 0.1) is 6.20 Å². The summed E-state index contributed by atoms with van der Waals surface area (Å²) < 4.78 is 5.81. The minimum Gasteiger partial charge on any atom is -0.414 e. The van der Waals surface area contributed by atoms with E-state index < -0.39 is 0 Å². The number of nitrogen functional groups attached to an aromatic ring is 1. The predicted molar refractivity (Wildman–Crippen MR) is 102 cm³/mol. The molecule has 2 aliphatic rings. The van der Waals surface area contributed by atoms with Crippen molar-refractivity contribution < 1.29 is 4.42 Å². The first kappa shape index (κ1) is 16.2. The first-order valence-corrected chi connectivity index (χ1v) is 9.20. The van der Waals surface area contributed by atoms with E-state index in [0.29, 0.717) is 22.8 Å². The fourth-order valence-electron chi connectivity index (χ4n) is 3.99. The molecule has 8 heteroatoms. The Morgan fingerprint density at radius 3 is 2.78 bits per heavy atom. The molecule has 3 N–H and O–H groups in total. The number of aromatic nitrogens is 4. The van der Waals surface area contributed by atoms with Gasteiger partial charge >= 0.3 is 0 Å². The molecule has 8 nitrogen and oxygen atoms in total. The molecule has 0 aliphatic carbocycles. The molecule has 1 aromatic carbocycles. The smallest absolute Gasteiger partial charge is 0.270 e. The van der Waals surface area contributed by atoms with Gasteiger partial charge in [-0.2, -0.15) is 0 Å². The Kier molecular flexibility index (Phi) is 3.78. The molecule has 0 bridgehead atoms. The number of nitrogens with one attached hydrogen (secondary N) is 1. The molecule has 2 aliphatic heterocycles. The van der Waals surface area contributed by atoms with Crippen molar-refractivity contribution in [2.24, 2.45) is 5.41 Å². The van der Waals surface area contributed by atoms with Crippen LogP contribution in [0.5, 0.6) is 0 Å². The van der Waals surface area contributed by atoms with E-state index in [1.54, 1.807) is 6.20 Å². The fraction of sp³-hybridized carbons (Fsp3) is 0.368. The average Bonchev–Trinajstić information content (AvgIpc) is 3.45. The van der Waals surface area contributed by atoms with Gasteiger partial charge in [-0.25, -0.2) is 9.97 Å². The van der Waals surface area contributed by atoms with Crippen LogP contribution >= 0.6 is 0 Å². The molecule has 2 fully saturated rings. The standard InChI is InChI=1S/C19H21N7O/c20-16-15(18-25-24-17(27-18)13-4-2-1-3-5-13)23-14(10-22-16)26-9-7-19(12-26)6-8-21-11-19/h1-5,10,21H,6-9,11-12H2,(H2,20,22). The molecule has 2 saturated heterocycles. The van der Waals surface area contributed by atoms with Crippen molar-refractivity contribution in [2.45, 2.75) is 12.8 Å². The number of anilines is 2. The number of nitrogens with zero attached hydrogens (tertiary/aromatic N) is 5. The second-order valence-corrected chi connectivity index (χ2v) is 7.34. The maximum Gasteiger partial charge on any atom is 0.270 e. The highest BCUT2D eigenvalue weighted by atomic mass is 16.4. The van der Waals surface area contributed by atoms with Gasteiger partial charge in [0, 0.05) is 30.6 Å². The Morgan fingerprint density at radius 1 is 1.11 bits per heavy atom. The van der Waals surface area contributed by atoms with Crippen LogP contribution < -0.4 is 16.0 Å². The first-order valence-electron chi connectivity index (χ1n) is 9.20. The topological polar surface area (TPSA) is 106 Å². The van der Waals surface area contributed by atoms with Crippen molar-refractivity contribution in [1.29, 1.82) is 0 Å². The highest BCUT2D eigenvalue weighted by molar-refractivity contribution is 5.65. The summed E-state index contributed by atoms with van der Waals surface area (Å²) in [6.07, 6.45) is 4.11. The molecule has 2 aromatic heterocycles. The number of hydrogen-bond donors (Lipinski definition) is 2. The zero-order valence-corrected chi connectivity index (χ0v) is 14.9. The average molecular weight is 363 g/mol. The molecular formula is C19H21N7O. The van der Waals surface area contributed by atoms with Crippen LogP contribution in [0.4, 0.5) is 11.6 Å². The Hall–Kier alpha value is -3.00. The van der Waals surface area contributed by atoms with Gasteiger partial charge in [-0.3, -0.25) is 0 Å². The fourth-order valence-corrected chi connectivity index (χ4v) is 3.99. The van der Waals surface area contributed by atoms with Crippen LogP contribution in [0.25, 0.3) is 23.0 Å². The van der Waals surface area contributed by atoms with Gasteiger partial charge in [-0.15, -0.1) is 10.2 Å². The van der Waals surface area contributed by atoms with Gasteiger partial charge in [-0.1, -0.05) is 18.2 Å². The molecule has 0 amide bonds. The summed E-state index contributed by atoms with van der Waals surface area (Å²) in [5.74, 6) is 1.83. The van der Waals surface area contributed by atoms with Crippen molar-refractivity contribution in [2.75, 3.05) is 36.8 Å². The molecule has 4 heterocycles. The van der Waals surface area contributed by atoms with Crippen LogP contribution in [0, 0.1) is 5.41 Å². The Labute approximate surface area is 156 Å². The van der Waals surface area contributed by atoms with Crippen LogP contribution in [0.3, 0.4) is 0 Å². The van der Waals surface area contributed by atoms with Crippen molar-refractivity contribution in [1.82, 2.24) is 25.5 Å². The molecule has 3 aromatic rings. The summed E-state index contributed by atoms with van der Waals surface area (Å²) >= 11 is 0. The molecule has 138 valence electrons. The van der Waals surface area contributed by atoms with Crippen LogP contribution in [0.1, 0.15) is 12.8 Å². The Morgan fingerprint density at radius 2 is 1.96 bits per heavy atom. The largest absolute Gasteiger partial charge is 0.414 e. The minimum absolute atomic E-state index is 0.289. The van der Waals surface area contributed by atoms with Crippen LogP contribution in [0.2, 0.25) is 0 Å². The Balaban J connectivity index is 1.44. The van der Waals surface area contributed by atoms with Gasteiger partial charge in [-0.05, 0) is 31.5 Å². The summed E-state index contributed by atoms with van der Waals surface area (Å²) in [5.41, 5.74) is 7.70. The van der Waals surface area contributed by atoms with Gasteiger partial charge in [0.25, 0.3) is 5.89 Å². The maximum atomic E-state index is 6.05. The molecule has 5 rings (SSSR count). The number of benzene rings is 1. The summed E-state index contributed by atoms with van der Waals surface area (Å²) in [5, 5.41) is 11.7. The van der Waals surface area contributed by atoms with E-state index in [4.69, 9.17) is 15.1 Å². The summed E-state index contributed by atoms with van der Waals surface area (Å²) in [6.45, 7) is 4.12. The normalized spacial score (nSPS) is 22.0. The SMILES string of the molecule is Nc1ncc(N2CCC3(CCNC3)C2)nc1-c1nnc(-c2ccccc2)o1. The van der Waals surface area contributed by atoms with Crippen molar-refractivity contribution >= 4 is 11.6 Å². The minimum atomic E-state index is 0.289. The number of rotatable bonds is 3. The Bertz CT molecular complexity index is 950. The third-order valence-electron chi connectivity index (χ3n) is 5.53. The molecule has 27 heavy (non-hydrogen) atoms. The van der Waals surface area contributed by atoms with Crippen LogP contribution in [-0.2, 0) is 0 Å². The van der Waals surface area contributed by atoms with Gasteiger partial charge in [0.1, 0.15) is 5.82 Å². The van der Waals surface area contributed by atoms with E-state index in [1.807, 2.05) is 30.3 Å². The quantitative estimate of drug-likeness (QED) is 0.727. The van der Waals surface area contributed by atoms with E-state index >= 15 is 0 Å². The lowest BCUT2D eigenvalue weighted by Gasteiger charge is -2.23.